The Morgan fingerprint density at radius 3 is 2.54 bits per heavy atom. The van der Waals surface area contributed by atoms with Gasteiger partial charge in [0, 0.05) is 32.2 Å². The standard InChI is InChI=1S/C19H24N6O/c1-13-17-14(2)25(15-6-5-7-16(12-15)26-4)22-18(17)19(21-20-13)24-10-8-23(3)9-11-24/h5-7,12H,8-11H2,1-4H3. The molecule has 1 aliphatic heterocycles. The zero-order valence-corrected chi connectivity index (χ0v) is 15.7. The van der Waals surface area contributed by atoms with Gasteiger partial charge in [-0.15, -0.1) is 5.10 Å². The summed E-state index contributed by atoms with van der Waals surface area (Å²) in [6.07, 6.45) is 0. The van der Waals surface area contributed by atoms with Gasteiger partial charge in [0.2, 0.25) is 0 Å². The van der Waals surface area contributed by atoms with Crippen LogP contribution in [0, 0.1) is 13.8 Å². The third-order valence-corrected chi connectivity index (χ3v) is 5.09. The number of aromatic nitrogens is 4. The van der Waals surface area contributed by atoms with E-state index in [0.717, 1.165) is 65.7 Å². The van der Waals surface area contributed by atoms with Crippen LogP contribution in [0.5, 0.6) is 5.75 Å². The second kappa shape index (κ2) is 6.57. The zero-order chi connectivity index (χ0) is 18.3. The summed E-state index contributed by atoms with van der Waals surface area (Å²) >= 11 is 0. The van der Waals surface area contributed by atoms with Crippen molar-refractivity contribution in [1.82, 2.24) is 24.9 Å². The zero-order valence-electron chi connectivity index (χ0n) is 15.7. The number of hydrogen-bond donors (Lipinski definition) is 0. The van der Waals surface area contributed by atoms with E-state index < -0.39 is 0 Å². The van der Waals surface area contributed by atoms with Crippen molar-refractivity contribution < 1.29 is 4.74 Å². The number of fused-ring (bicyclic) bond motifs is 1. The molecule has 0 spiro atoms. The molecule has 0 unspecified atom stereocenters. The van der Waals surface area contributed by atoms with Crippen LogP contribution in [0.2, 0.25) is 0 Å². The van der Waals surface area contributed by atoms with Crippen molar-refractivity contribution in [3.8, 4) is 11.4 Å². The van der Waals surface area contributed by atoms with Crippen molar-refractivity contribution >= 4 is 16.7 Å². The highest BCUT2D eigenvalue weighted by Crippen LogP contribution is 2.30. The third-order valence-electron chi connectivity index (χ3n) is 5.09. The number of nitrogens with zero attached hydrogens (tertiary/aromatic N) is 6. The van der Waals surface area contributed by atoms with Crippen LogP contribution in [0.15, 0.2) is 24.3 Å². The van der Waals surface area contributed by atoms with Crippen LogP contribution < -0.4 is 9.64 Å². The maximum atomic E-state index is 5.36. The summed E-state index contributed by atoms with van der Waals surface area (Å²) in [5, 5.41) is 14.9. The molecule has 1 aromatic carbocycles. The number of hydrogen-bond acceptors (Lipinski definition) is 6. The van der Waals surface area contributed by atoms with Crippen molar-refractivity contribution in [3.63, 3.8) is 0 Å². The van der Waals surface area contributed by atoms with Gasteiger partial charge in [0.1, 0.15) is 11.3 Å². The van der Waals surface area contributed by atoms with Crippen molar-refractivity contribution in [2.24, 2.45) is 0 Å². The molecule has 0 saturated carbocycles. The number of piperazine rings is 1. The molecule has 3 heterocycles. The molecular formula is C19H24N6O. The summed E-state index contributed by atoms with van der Waals surface area (Å²) in [6, 6.07) is 7.94. The Balaban J connectivity index is 1.85. The summed E-state index contributed by atoms with van der Waals surface area (Å²) in [6.45, 7) is 7.99. The van der Waals surface area contributed by atoms with Crippen molar-refractivity contribution in [3.05, 3.63) is 35.7 Å². The van der Waals surface area contributed by atoms with Crippen LogP contribution in [0.4, 0.5) is 5.82 Å². The molecule has 0 N–H and O–H groups in total. The third kappa shape index (κ3) is 2.78. The molecule has 0 aliphatic carbocycles. The van der Waals surface area contributed by atoms with Crippen LogP contribution >= 0.6 is 0 Å². The Morgan fingerprint density at radius 2 is 1.81 bits per heavy atom. The Hall–Kier alpha value is -2.67. The summed E-state index contributed by atoms with van der Waals surface area (Å²) in [5.41, 5.74) is 3.87. The summed E-state index contributed by atoms with van der Waals surface area (Å²) in [7, 11) is 3.82. The number of methoxy groups -OCH3 is 1. The minimum absolute atomic E-state index is 0.814. The van der Waals surface area contributed by atoms with E-state index in [0.29, 0.717) is 0 Å². The predicted octanol–water partition coefficient (Wildman–Crippen LogP) is 2.19. The largest absolute Gasteiger partial charge is 0.497 e. The summed E-state index contributed by atoms with van der Waals surface area (Å²) < 4.78 is 7.33. The van der Waals surface area contributed by atoms with Crippen molar-refractivity contribution in [2.75, 3.05) is 45.2 Å². The van der Waals surface area contributed by atoms with E-state index >= 15 is 0 Å². The number of ether oxygens (including phenoxy) is 1. The molecule has 1 saturated heterocycles. The molecule has 0 radical (unpaired) electrons. The number of rotatable bonds is 3. The van der Waals surface area contributed by atoms with E-state index in [-0.39, 0.29) is 0 Å². The molecule has 2 aromatic heterocycles. The molecule has 4 rings (SSSR count). The van der Waals surface area contributed by atoms with E-state index in [1.54, 1.807) is 7.11 Å². The van der Waals surface area contributed by atoms with Crippen molar-refractivity contribution in [1.29, 1.82) is 0 Å². The highest BCUT2D eigenvalue weighted by molar-refractivity contribution is 5.92. The fourth-order valence-electron chi connectivity index (χ4n) is 3.54. The molecule has 7 heteroatoms. The lowest BCUT2D eigenvalue weighted by Crippen LogP contribution is -2.45. The van der Waals surface area contributed by atoms with E-state index in [1.807, 2.05) is 35.9 Å². The first-order valence-corrected chi connectivity index (χ1v) is 8.89. The Morgan fingerprint density at radius 1 is 1.04 bits per heavy atom. The molecule has 1 aliphatic rings. The molecule has 3 aromatic rings. The molecule has 26 heavy (non-hydrogen) atoms. The minimum Gasteiger partial charge on any atom is -0.497 e. The first-order valence-electron chi connectivity index (χ1n) is 8.89. The Labute approximate surface area is 153 Å². The molecular weight excluding hydrogens is 328 g/mol. The van der Waals surface area contributed by atoms with Crippen LogP contribution in [0.3, 0.4) is 0 Å². The van der Waals surface area contributed by atoms with Gasteiger partial charge >= 0.3 is 0 Å². The van der Waals surface area contributed by atoms with Gasteiger partial charge in [0.25, 0.3) is 0 Å². The van der Waals surface area contributed by atoms with E-state index in [1.165, 1.54) is 0 Å². The van der Waals surface area contributed by atoms with Gasteiger partial charge in [-0.2, -0.15) is 10.2 Å². The van der Waals surface area contributed by atoms with Gasteiger partial charge in [0.15, 0.2) is 5.82 Å². The molecule has 136 valence electrons. The van der Waals surface area contributed by atoms with Gasteiger partial charge in [0.05, 0.1) is 29.6 Å². The smallest absolute Gasteiger partial charge is 0.179 e. The quantitative estimate of drug-likeness (QED) is 0.720. The lowest BCUT2D eigenvalue weighted by atomic mass is 10.2. The van der Waals surface area contributed by atoms with Crippen LogP contribution in [-0.4, -0.2) is 65.2 Å². The average molecular weight is 352 g/mol. The van der Waals surface area contributed by atoms with Crippen LogP contribution in [0.1, 0.15) is 11.4 Å². The SMILES string of the molecule is COc1cccc(-n2nc3c(N4CCN(C)CC4)nnc(C)c3c2C)c1. The van der Waals surface area contributed by atoms with Crippen LogP contribution in [0.25, 0.3) is 16.6 Å². The predicted molar refractivity (Wildman–Crippen MR) is 102 cm³/mol. The van der Waals surface area contributed by atoms with E-state index in [4.69, 9.17) is 9.84 Å². The second-order valence-electron chi connectivity index (χ2n) is 6.82. The van der Waals surface area contributed by atoms with Crippen molar-refractivity contribution in [2.45, 2.75) is 13.8 Å². The fraction of sp³-hybridized carbons (Fsp3) is 0.421. The van der Waals surface area contributed by atoms with Gasteiger partial charge in [-0.05, 0) is 33.0 Å². The lowest BCUT2D eigenvalue weighted by Gasteiger charge is -2.32. The molecule has 7 nitrogen and oxygen atoms in total. The highest BCUT2D eigenvalue weighted by Gasteiger charge is 2.23. The monoisotopic (exact) mass is 352 g/mol. The Kier molecular flexibility index (Phi) is 4.24. The molecule has 0 atom stereocenters. The lowest BCUT2D eigenvalue weighted by molar-refractivity contribution is 0.312. The van der Waals surface area contributed by atoms with Gasteiger partial charge < -0.3 is 14.5 Å². The van der Waals surface area contributed by atoms with Gasteiger partial charge in [-0.1, -0.05) is 6.07 Å². The second-order valence-corrected chi connectivity index (χ2v) is 6.82. The summed E-state index contributed by atoms with van der Waals surface area (Å²) in [5.74, 6) is 1.69. The average Bonchev–Trinajstić information content (AvgIpc) is 3.01. The maximum Gasteiger partial charge on any atom is 0.179 e. The molecule has 1 fully saturated rings. The minimum atomic E-state index is 0.814. The Bertz CT molecular complexity index is 943. The maximum absolute atomic E-state index is 5.36. The molecule has 0 bridgehead atoms. The first kappa shape index (κ1) is 16.8. The topological polar surface area (TPSA) is 59.3 Å². The molecule has 0 amide bonds. The first-order chi connectivity index (χ1) is 12.6. The summed E-state index contributed by atoms with van der Waals surface area (Å²) in [4.78, 5) is 4.62. The van der Waals surface area contributed by atoms with Gasteiger partial charge in [-0.3, -0.25) is 0 Å². The number of aryl methyl sites for hydroxylation is 2. The number of likely N-dealkylation sites (N-methyl/N-ethyl adjacent to an activating group) is 1. The van der Waals surface area contributed by atoms with E-state index in [9.17, 15) is 0 Å². The number of benzene rings is 1. The van der Waals surface area contributed by atoms with Crippen LogP contribution in [-0.2, 0) is 0 Å². The normalized spacial score (nSPS) is 15.6. The van der Waals surface area contributed by atoms with Gasteiger partial charge in [-0.25, -0.2) is 4.68 Å². The van der Waals surface area contributed by atoms with E-state index in [2.05, 4.69) is 34.0 Å². The number of anilines is 1. The highest BCUT2D eigenvalue weighted by atomic mass is 16.5. The fourth-order valence-corrected chi connectivity index (χ4v) is 3.54.